The molecule has 1 unspecified atom stereocenters. The predicted molar refractivity (Wildman–Crippen MR) is 70.0 cm³/mol. The van der Waals surface area contributed by atoms with E-state index in [2.05, 4.69) is 15.9 Å². The molecule has 1 fully saturated rings. The molecule has 1 saturated heterocycles. The first-order chi connectivity index (χ1) is 8.58. The van der Waals surface area contributed by atoms with Crippen molar-refractivity contribution in [1.82, 2.24) is 4.90 Å². The first-order valence-electron chi connectivity index (χ1n) is 5.90. The van der Waals surface area contributed by atoms with Crippen LogP contribution in [-0.4, -0.2) is 37.1 Å². The number of benzene rings is 1. The fourth-order valence-corrected chi connectivity index (χ4v) is 2.57. The molecule has 0 spiro atoms. The van der Waals surface area contributed by atoms with Crippen LogP contribution in [0.3, 0.4) is 0 Å². The summed E-state index contributed by atoms with van der Waals surface area (Å²) >= 11 is 3.21. The Morgan fingerprint density at radius 2 is 2.39 bits per heavy atom. The normalized spacial score (nSPS) is 18.9. The summed E-state index contributed by atoms with van der Waals surface area (Å²) in [5, 5.41) is 0. The summed E-state index contributed by atoms with van der Waals surface area (Å²) in [5.41, 5.74) is 0.469. The highest BCUT2D eigenvalue weighted by atomic mass is 79.9. The zero-order valence-electron chi connectivity index (χ0n) is 10.2. The second-order valence-electron chi connectivity index (χ2n) is 4.44. The van der Waals surface area contributed by atoms with Gasteiger partial charge in [-0.3, -0.25) is 4.79 Å². The summed E-state index contributed by atoms with van der Waals surface area (Å²) in [4.78, 5) is 13.8. The molecule has 0 N–H and O–H groups in total. The van der Waals surface area contributed by atoms with Gasteiger partial charge < -0.3 is 9.64 Å². The van der Waals surface area contributed by atoms with E-state index in [4.69, 9.17) is 4.74 Å². The Morgan fingerprint density at radius 3 is 3.00 bits per heavy atom. The molecule has 98 valence electrons. The fraction of sp³-hybridized carbons (Fsp3) is 0.462. The van der Waals surface area contributed by atoms with Crippen molar-refractivity contribution in [1.29, 1.82) is 0 Å². The molecule has 1 aliphatic heterocycles. The average Bonchev–Trinajstić information content (AvgIpc) is 2.81. The average molecular weight is 316 g/mol. The number of amides is 1. The van der Waals surface area contributed by atoms with Gasteiger partial charge in [-0.05, 0) is 47.0 Å². The molecule has 18 heavy (non-hydrogen) atoms. The Balaban J connectivity index is 2.05. The molecule has 0 saturated carbocycles. The van der Waals surface area contributed by atoms with Gasteiger partial charge in [-0.1, -0.05) is 0 Å². The van der Waals surface area contributed by atoms with Crippen molar-refractivity contribution in [3.05, 3.63) is 34.1 Å². The van der Waals surface area contributed by atoms with Crippen molar-refractivity contribution in [2.75, 3.05) is 20.2 Å². The molecule has 1 aliphatic rings. The quantitative estimate of drug-likeness (QED) is 0.858. The van der Waals surface area contributed by atoms with E-state index in [0.717, 1.165) is 19.4 Å². The lowest BCUT2D eigenvalue weighted by atomic mass is 10.2. The Bertz CT molecular complexity index is 447. The lowest BCUT2D eigenvalue weighted by Crippen LogP contribution is -2.34. The first kappa shape index (κ1) is 13.5. The van der Waals surface area contributed by atoms with E-state index in [1.807, 2.05) is 0 Å². The van der Waals surface area contributed by atoms with Gasteiger partial charge in [0.25, 0.3) is 5.91 Å². The number of carbonyl (C=O) groups excluding carboxylic acids is 1. The van der Waals surface area contributed by atoms with Crippen LogP contribution in [-0.2, 0) is 4.74 Å². The number of nitrogens with zero attached hydrogens (tertiary/aromatic N) is 1. The van der Waals surface area contributed by atoms with E-state index < -0.39 is 0 Å². The standard InChI is InChI=1S/C13H15BrFNO2/c1-16(8-10-3-2-6-18-10)13(17)11-5-4-9(15)7-12(11)14/h4-5,7,10H,2-3,6,8H2,1H3. The van der Waals surface area contributed by atoms with Crippen LogP contribution in [0.5, 0.6) is 0 Å². The molecular formula is C13H15BrFNO2. The lowest BCUT2D eigenvalue weighted by Gasteiger charge is -2.21. The van der Waals surface area contributed by atoms with Crippen molar-refractivity contribution in [2.24, 2.45) is 0 Å². The number of rotatable bonds is 3. The van der Waals surface area contributed by atoms with Crippen LogP contribution in [0.1, 0.15) is 23.2 Å². The third-order valence-electron chi connectivity index (χ3n) is 3.01. The van der Waals surface area contributed by atoms with E-state index in [0.29, 0.717) is 16.6 Å². The number of halogens is 2. The molecular weight excluding hydrogens is 301 g/mol. The van der Waals surface area contributed by atoms with E-state index in [1.165, 1.54) is 18.2 Å². The van der Waals surface area contributed by atoms with Crippen LogP contribution >= 0.6 is 15.9 Å². The highest BCUT2D eigenvalue weighted by Gasteiger charge is 2.22. The van der Waals surface area contributed by atoms with E-state index in [9.17, 15) is 9.18 Å². The van der Waals surface area contributed by atoms with Gasteiger partial charge in [-0.2, -0.15) is 0 Å². The topological polar surface area (TPSA) is 29.5 Å². The molecule has 1 atom stereocenters. The summed E-state index contributed by atoms with van der Waals surface area (Å²) in [6, 6.07) is 4.08. The Labute approximate surface area is 114 Å². The summed E-state index contributed by atoms with van der Waals surface area (Å²) in [6.07, 6.45) is 2.16. The third kappa shape index (κ3) is 3.09. The van der Waals surface area contributed by atoms with E-state index in [1.54, 1.807) is 11.9 Å². The minimum absolute atomic E-state index is 0.123. The minimum Gasteiger partial charge on any atom is -0.376 e. The maximum absolute atomic E-state index is 13.0. The van der Waals surface area contributed by atoms with Gasteiger partial charge in [0.1, 0.15) is 5.82 Å². The van der Waals surface area contributed by atoms with Crippen molar-refractivity contribution < 1.29 is 13.9 Å². The molecule has 1 aromatic carbocycles. The van der Waals surface area contributed by atoms with Crippen LogP contribution in [0.15, 0.2) is 22.7 Å². The van der Waals surface area contributed by atoms with Crippen molar-refractivity contribution in [2.45, 2.75) is 18.9 Å². The van der Waals surface area contributed by atoms with Crippen molar-refractivity contribution in [3.63, 3.8) is 0 Å². The van der Waals surface area contributed by atoms with Gasteiger partial charge in [0.15, 0.2) is 0 Å². The summed E-state index contributed by atoms with van der Waals surface area (Å²) in [7, 11) is 1.74. The summed E-state index contributed by atoms with van der Waals surface area (Å²) in [5.74, 6) is -0.488. The molecule has 0 aromatic heterocycles. The van der Waals surface area contributed by atoms with E-state index >= 15 is 0 Å². The molecule has 0 radical (unpaired) electrons. The summed E-state index contributed by atoms with van der Waals surface area (Å²) < 4.78 is 18.9. The Kier molecular flexibility index (Phi) is 4.35. The van der Waals surface area contributed by atoms with Gasteiger partial charge in [-0.15, -0.1) is 0 Å². The molecule has 1 heterocycles. The van der Waals surface area contributed by atoms with Gasteiger partial charge >= 0.3 is 0 Å². The fourth-order valence-electron chi connectivity index (χ4n) is 2.05. The predicted octanol–water partition coefficient (Wildman–Crippen LogP) is 2.84. The summed E-state index contributed by atoms with van der Waals surface area (Å²) in [6.45, 7) is 1.34. The number of likely N-dealkylation sites (N-methyl/N-ethyl adjacent to an activating group) is 1. The zero-order valence-corrected chi connectivity index (χ0v) is 11.7. The second kappa shape index (κ2) is 5.80. The monoisotopic (exact) mass is 315 g/mol. The lowest BCUT2D eigenvalue weighted by molar-refractivity contribution is 0.0586. The van der Waals surface area contributed by atoms with Crippen LogP contribution in [0.4, 0.5) is 4.39 Å². The van der Waals surface area contributed by atoms with Crippen LogP contribution in [0.2, 0.25) is 0 Å². The molecule has 2 rings (SSSR count). The second-order valence-corrected chi connectivity index (χ2v) is 5.30. The van der Waals surface area contributed by atoms with Gasteiger partial charge in [0.05, 0.1) is 11.7 Å². The smallest absolute Gasteiger partial charge is 0.254 e. The van der Waals surface area contributed by atoms with Crippen LogP contribution in [0, 0.1) is 5.82 Å². The molecule has 3 nitrogen and oxygen atoms in total. The van der Waals surface area contributed by atoms with Gasteiger partial charge in [0, 0.05) is 24.7 Å². The molecule has 1 aromatic rings. The van der Waals surface area contributed by atoms with Crippen LogP contribution < -0.4 is 0 Å². The highest BCUT2D eigenvalue weighted by molar-refractivity contribution is 9.10. The van der Waals surface area contributed by atoms with Crippen LogP contribution in [0.25, 0.3) is 0 Å². The maximum Gasteiger partial charge on any atom is 0.254 e. The van der Waals surface area contributed by atoms with Crippen molar-refractivity contribution in [3.8, 4) is 0 Å². The minimum atomic E-state index is -0.361. The SMILES string of the molecule is CN(CC1CCCO1)C(=O)c1ccc(F)cc1Br. The number of hydrogen-bond donors (Lipinski definition) is 0. The maximum atomic E-state index is 13.0. The zero-order chi connectivity index (χ0) is 13.1. The number of hydrogen-bond acceptors (Lipinski definition) is 2. The van der Waals surface area contributed by atoms with Gasteiger partial charge in [-0.25, -0.2) is 4.39 Å². The first-order valence-corrected chi connectivity index (χ1v) is 6.69. The Hall–Kier alpha value is -0.940. The number of carbonyl (C=O) groups is 1. The Morgan fingerprint density at radius 1 is 1.61 bits per heavy atom. The molecule has 0 aliphatic carbocycles. The molecule has 5 heteroatoms. The molecule has 0 bridgehead atoms. The molecule has 1 amide bonds. The van der Waals surface area contributed by atoms with E-state index in [-0.39, 0.29) is 17.8 Å². The van der Waals surface area contributed by atoms with Crippen molar-refractivity contribution >= 4 is 21.8 Å². The largest absolute Gasteiger partial charge is 0.376 e. The van der Waals surface area contributed by atoms with Gasteiger partial charge in [0.2, 0.25) is 0 Å². The highest BCUT2D eigenvalue weighted by Crippen LogP contribution is 2.20. The number of ether oxygens (including phenoxy) is 1. The third-order valence-corrected chi connectivity index (χ3v) is 3.67.